The lowest BCUT2D eigenvalue weighted by Gasteiger charge is -2.12. The number of halogens is 1. The van der Waals surface area contributed by atoms with Crippen LogP contribution in [0.25, 0.3) is 0 Å². The first-order valence-electron chi connectivity index (χ1n) is 6.15. The molecule has 0 spiro atoms. The van der Waals surface area contributed by atoms with Crippen LogP contribution in [0.15, 0.2) is 0 Å². The highest BCUT2D eigenvalue weighted by atomic mass is 35.5. The Kier molecular flexibility index (Phi) is 5.95. The summed E-state index contributed by atoms with van der Waals surface area (Å²) in [5, 5.41) is 5.12. The van der Waals surface area contributed by atoms with Crippen LogP contribution in [0.5, 0.6) is 0 Å². The van der Waals surface area contributed by atoms with Crippen LogP contribution in [0.1, 0.15) is 31.7 Å². The van der Waals surface area contributed by atoms with Crippen molar-refractivity contribution in [3.8, 4) is 0 Å². The highest BCUT2D eigenvalue weighted by molar-refractivity contribution is 6.31. The zero-order valence-corrected chi connectivity index (χ0v) is 11.6. The molecule has 0 aromatic carbocycles. The molecule has 0 fully saturated rings. The smallest absolute Gasteiger partial charge is 0.0847 e. The van der Waals surface area contributed by atoms with E-state index in [1.54, 1.807) is 0 Å². The Labute approximate surface area is 108 Å². The van der Waals surface area contributed by atoms with E-state index >= 15 is 0 Å². The second-order valence-electron chi connectivity index (χ2n) is 4.11. The Hall–Kier alpha value is -0.580. The summed E-state index contributed by atoms with van der Waals surface area (Å²) >= 11 is 6.23. The molecule has 1 rings (SSSR count). The number of rotatable bonds is 7. The molecule has 2 N–H and O–H groups in total. The fraction of sp³-hybridized carbons (Fsp3) is 0.750. The Morgan fingerprint density at radius 2 is 2.18 bits per heavy atom. The minimum atomic E-state index is 0.0699. The van der Waals surface area contributed by atoms with Crippen molar-refractivity contribution in [2.45, 2.75) is 46.2 Å². The minimum Gasteiger partial charge on any atom is -0.382 e. The van der Waals surface area contributed by atoms with Crippen molar-refractivity contribution in [1.82, 2.24) is 9.78 Å². The Morgan fingerprint density at radius 1 is 1.47 bits per heavy atom. The molecule has 17 heavy (non-hydrogen) atoms. The third-order valence-electron chi connectivity index (χ3n) is 2.75. The predicted molar refractivity (Wildman–Crippen MR) is 70.4 cm³/mol. The van der Waals surface area contributed by atoms with E-state index in [0.29, 0.717) is 6.61 Å². The summed E-state index contributed by atoms with van der Waals surface area (Å²) in [4.78, 5) is 0. The molecular weight excluding hydrogens is 238 g/mol. The normalized spacial score (nSPS) is 13.0. The number of aromatic nitrogens is 2. The lowest BCUT2D eigenvalue weighted by atomic mass is 10.1. The molecule has 0 aliphatic heterocycles. The highest BCUT2D eigenvalue weighted by Gasteiger charge is 2.15. The maximum atomic E-state index is 6.23. The molecule has 0 aliphatic carbocycles. The Bertz CT molecular complexity index is 352. The van der Waals surface area contributed by atoms with Gasteiger partial charge >= 0.3 is 0 Å². The van der Waals surface area contributed by atoms with E-state index in [1.807, 2.05) is 18.5 Å². The molecule has 0 aliphatic rings. The van der Waals surface area contributed by atoms with E-state index in [9.17, 15) is 0 Å². The van der Waals surface area contributed by atoms with Crippen molar-refractivity contribution >= 4 is 11.6 Å². The summed E-state index contributed by atoms with van der Waals surface area (Å²) in [5.74, 6) is 0. The molecule has 98 valence electrons. The first kappa shape index (κ1) is 14.5. The molecule has 0 saturated heterocycles. The largest absolute Gasteiger partial charge is 0.382 e. The van der Waals surface area contributed by atoms with E-state index in [0.717, 1.165) is 42.4 Å². The number of hydrogen-bond donors (Lipinski definition) is 1. The molecule has 0 saturated carbocycles. The van der Waals surface area contributed by atoms with E-state index in [1.165, 1.54) is 0 Å². The topological polar surface area (TPSA) is 53.1 Å². The minimum absolute atomic E-state index is 0.0699. The van der Waals surface area contributed by atoms with Gasteiger partial charge in [0.15, 0.2) is 0 Å². The quantitative estimate of drug-likeness (QED) is 0.764. The van der Waals surface area contributed by atoms with Crippen LogP contribution in [0, 0.1) is 6.92 Å². The van der Waals surface area contributed by atoms with Gasteiger partial charge in [0.25, 0.3) is 0 Å². The Balaban J connectivity index is 2.60. The number of nitrogens with zero attached hydrogens (tertiary/aromatic N) is 2. The lowest BCUT2D eigenvalue weighted by Crippen LogP contribution is -2.26. The van der Waals surface area contributed by atoms with Crippen molar-refractivity contribution in [2.24, 2.45) is 5.73 Å². The zero-order chi connectivity index (χ0) is 12.8. The maximum Gasteiger partial charge on any atom is 0.0847 e. The molecule has 0 amide bonds. The summed E-state index contributed by atoms with van der Waals surface area (Å²) in [5.41, 5.74) is 7.98. The fourth-order valence-corrected chi connectivity index (χ4v) is 2.01. The average Bonchev–Trinajstić information content (AvgIpc) is 2.57. The number of aryl methyl sites for hydroxylation is 2. The molecule has 0 radical (unpaired) electrons. The van der Waals surface area contributed by atoms with Crippen LogP contribution in [-0.4, -0.2) is 29.0 Å². The fourth-order valence-electron chi connectivity index (χ4n) is 1.79. The van der Waals surface area contributed by atoms with Gasteiger partial charge in [0.05, 0.1) is 16.4 Å². The van der Waals surface area contributed by atoms with Crippen molar-refractivity contribution < 1.29 is 4.74 Å². The molecule has 0 bridgehead atoms. The molecule has 4 nitrogen and oxygen atoms in total. The summed E-state index contributed by atoms with van der Waals surface area (Å²) < 4.78 is 7.23. The van der Waals surface area contributed by atoms with Crippen molar-refractivity contribution in [1.29, 1.82) is 0 Å². The van der Waals surface area contributed by atoms with Crippen LogP contribution < -0.4 is 5.73 Å². The molecule has 1 aromatic heterocycles. The standard InChI is InChI=1S/C12H22ClN3O/c1-4-16-11(12(13)9(3)15-16)8-10(14)6-7-17-5-2/h10H,4-8,14H2,1-3H3. The first-order chi connectivity index (χ1) is 8.10. The van der Waals surface area contributed by atoms with Crippen LogP contribution in [0.3, 0.4) is 0 Å². The molecule has 1 atom stereocenters. The van der Waals surface area contributed by atoms with Gasteiger partial charge in [-0.2, -0.15) is 5.10 Å². The van der Waals surface area contributed by atoms with Crippen LogP contribution in [0.2, 0.25) is 5.02 Å². The van der Waals surface area contributed by atoms with Gasteiger partial charge in [-0.15, -0.1) is 0 Å². The van der Waals surface area contributed by atoms with Gasteiger partial charge in [0, 0.05) is 32.2 Å². The van der Waals surface area contributed by atoms with E-state index in [-0.39, 0.29) is 6.04 Å². The molecule has 1 heterocycles. The van der Waals surface area contributed by atoms with Crippen molar-refractivity contribution in [3.63, 3.8) is 0 Å². The second-order valence-corrected chi connectivity index (χ2v) is 4.49. The summed E-state index contributed by atoms with van der Waals surface area (Å²) in [6.07, 6.45) is 1.60. The SMILES string of the molecule is CCOCCC(N)Cc1c(Cl)c(C)nn1CC. The lowest BCUT2D eigenvalue weighted by molar-refractivity contribution is 0.139. The van der Waals surface area contributed by atoms with Gasteiger partial charge in [0.1, 0.15) is 0 Å². The predicted octanol–water partition coefficient (Wildman–Crippen LogP) is 2.16. The van der Waals surface area contributed by atoms with Gasteiger partial charge in [-0.05, 0) is 27.2 Å². The van der Waals surface area contributed by atoms with E-state index < -0.39 is 0 Å². The van der Waals surface area contributed by atoms with Gasteiger partial charge in [0.2, 0.25) is 0 Å². The number of ether oxygens (including phenoxy) is 1. The second kappa shape index (κ2) is 6.99. The molecule has 1 aromatic rings. The molecular formula is C12H22ClN3O. The summed E-state index contributed by atoms with van der Waals surface area (Å²) in [6.45, 7) is 8.22. The Morgan fingerprint density at radius 3 is 2.76 bits per heavy atom. The van der Waals surface area contributed by atoms with Gasteiger partial charge in [-0.1, -0.05) is 11.6 Å². The number of hydrogen-bond acceptors (Lipinski definition) is 3. The molecule has 5 heteroatoms. The van der Waals surface area contributed by atoms with E-state index in [4.69, 9.17) is 22.1 Å². The van der Waals surface area contributed by atoms with Crippen LogP contribution in [-0.2, 0) is 17.7 Å². The number of nitrogens with two attached hydrogens (primary N) is 1. The molecule has 1 unspecified atom stereocenters. The summed E-state index contributed by atoms with van der Waals surface area (Å²) in [7, 11) is 0. The van der Waals surface area contributed by atoms with Crippen molar-refractivity contribution in [3.05, 3.63) is 16.4 Å². The summed E-state index contributed by atoms with van der Waals surface area (Å²) in [6, 6.07) is 0.0699. The van der Waals surface area contributed by atoms with Crippen LogP contribution >= 0.6 is 11.6 Å². The maximum absolute atomic E-state index is 6.23. The van der Waals surface area contributed by atoms with Crippen molar-refractivity contribution in [2.75, 3.05) is 13.2 Å². The van der Waals surface area contributed by atoms with Gasteiger partial charge < -0.3 is 10.5 Å². The first-order valence-corrected chi connectivity index (χ1v) is 6.53. The third-order valence-corrected chi connectivity index (χ3v) is 3.24. The monoisotopic (exact) mass is 259 g/mol. The van der Waals surface area contributed by atoms with Gasteiger partial charge in [-0.25, -0.2) is 0 Å². The third kappa shape index (κ3) is 3.98. The van der Waals surface area contributed by atoms with Crippen LogP contribution in [0.4, 0.5) is 0 Å². The van der Waals surface area contributed by atoms with Gasteiger partial charge in [-0.3, -0.25) is 4.68 Å². The zero-order valence-electron chi connectivity index (χ0n) is 10.9. The van der Waals surface area contributed by atoms with E-state index in [2.05, 4.69) is 12.0 Å². The highest BCUT2D eigenvalue weighted by Crippen LogP contribution is 2.21. The average molecular weight is 260 g/mol.